The van der Waals surface area contributed by atoms with E-state index in [0.717, 1.165) is 11.1 Å². The lowest BCUT2D eigenvalue weighted by molar-refractivity contribution is -0.183. The molecule has 29 heavy (non-hydrogen) atoms. The van der Waals surface area contributed by atoms with Crippen LogP contribution in [0.15, 0.2) is 48.5 Å². The maximum Gasteiger partial charge on any atom is 0.221 e. The molecule has 7 nitrogen and oxygen atoms in total. The number of halogens is 1. The van der Waals surface area contributed by atoms with Crippen LogP contribution in [-0.2, 0) is 15.3 Å². The Morgan fingerprint density at radius 3 is 1.55 bits per heavy atom. The van der Waals surface area contributed by atoms with Crippen LogP contribution in [0.25, 0.3) is 0 Å². The van der Waals surface area contributed by atoms with Crippen molar-refractivity contribution < 1.29 is 34.3 Å². The SMILES string of the molecule is COC(OC)(c1ccc(OC[C@@H](O)CO)cc1)c1ccc(OC[C@@H](O)CCl)cc1. The van der Waals surface area contributed by atoms with Crippen LogP contribution in [0.3, 0.4) is 0 Å². The van der Waals surface area contributed by atoms with Crippen molar-refractivity contribution in [1.82, 2.24) is 0 Å². The summed E-state index contributed by atoms with van der Waals surface area (Å²) in [5, 5.41) is 27.7. The lowest BCUT2D eigenvalue weighted by Gasteiger charge is -2.32. The van der Waals surface area contributed by atoms with Gasteiger partial charge in [0.15, 0.2) is 0 Å². The second-order valence-electron chi connectivity index (χ2n) is 6.34. The number of ether oxygens (including phenoxy) is 4. The first-order valence-electron chi connectivity index (χ1n) is 9.09. The minimum absolute atomic E-state index is 0.00454. The molecule has 0 unspecified atom stereocenters. The van der Waals surface area contributed by atoms with Gasteiger partial charge in [0.25, 0.3) is 0 Å². The number of alkyl halides is 1. The summed E-state index contributed by atoms with van der Waals surface area (Å²) in [4.78, 5) is 0. The summed E-state index contributed by atoms with van der Waals surface area (Å²) in [5.74, 6) is 0.0963. The summed E-state index contributed by atoms with van der Waals surface area (Å²) in [7, 11) is 3.10. The van der Waals surface area contributed by atoms with E-state index < -0.39 is 18.0 Å². The number of aliphatic hydroxyl groups is 3. The van der Waals surface area contributed by atoms with Crippen molar-refractivity contribution in [2.45, 2.75) is 18.0 Å². The summed E-state index contributed by atoms with van der Waals surface area (Å²) in [6.07, 6.45) is -1.66. The second-order valence-corrected chi connectivity index (χ2v) is 6.65. The third kappa shape index (κ3) is 6.05. The van der Waals surface area contributed by atoms with E-state index in [0.29, 0.717) is 11.5 Å². The molecule has 2 aromatic carbocycles. The van der Waals surface area contributed by atoms with Gasteiger partial charge in [-0.2, -0.15) is 0 Å². The van der Waals surface area contributed by atoms with Gasteiger partial charge in [0.1, 0.15) is 36.9 Å². The molecule has 0 aliphatic rings. The van der Waals surface area contributed by atoms with Crippen molar-refractivity contribution in [2.24, 2.45) is 0 Å². The van der Waals surface area contributed by atoms with Gasteiger partial charge in [-0.15, -0.1) is 11.6 Å². The molecule has 0 bridgehead atoms. The summed E-state index contributed by atoms with van der Waals surface area (Å²) < 4.78 is 22.4. The largest absolute Gasteiger partial charge is 0.491 e. The molecule has 0 heterocycles. The second kappa shape index (κ2) is 11.3. The first-order valence-corrected chi connectivity index (χ1v) is 9.62. The van der Waals surface area contributed by atoms with E-state index in [1.54, 1.807) is 50.6 Å². The van der Waals surface area contributed by atoms with Gasteiger partial charge in [0, 0.05) is 25.3 Å². The fourth-order valence-electron chi connectivity index (χ4n) is 2.74. The molecule has 0 aromatic heterocycles. The van der Waals surface area contributed by atoms with Gasteiger partial charge in [-0.25, -0.2) is 0 Å². The van der Waals surface area contributed by atoms with Gasteiger partial charge >= 0.3 is 0 Å². The number of aliphatic hydroxyl groups excluding tert-OH is 3. The number of hydrogen-bond acceptors (Lipinski definition) is 7. The molecule has 0 spiro atoms. The van der Waals surface area contributed by atoms with Crippen molar-refractivity contribution in [3.05, 3.63) is 59.7 Å². The van der Waals surface area contributed by atoms with E-state index in [1.807, 2.05) is 12.1 Å². The number of methoxy groups -OCH3 is 2. The highest BCUT2D eigenvalue weighted by Gasteiger charge is 2.34. The van der Waals surface area contributed by atoms with E-state index in [2.05, 4.69) is 0 Å². The fourth-order valence-corrected chi connectivity index (χ4v) is 2.83. The third-order valence-corrected chi connectivity index (χ3v) is 4.67. The predicted molar refractivity (Wildman–Crippen MR) is 108 cm³/mol. The van der Waals surface area contributed by atoms with E-state index in [9.17, 15) is 10.2 Å². The molecular formula is C21H27ClO7. The molecular weight excluding hydrogens is 400 g/mol. The number of rotatable bonds is 12. The van der Waals surface area contributed by atoms with Crippen molar-refractivity contribution in [2.75, 3.05) is 39.9 Å². The van der Waals surface area contributed by atoms with Crippen LogP contribution in [0.4, 0.5) is 0 Å². The monoisotopic (exact) mass is 426 g/mol. The van der Waals surface area contributed by atoms with Crippen molar-refractivity contribution in [3.8, 4) is 11.5 Å². The van der Waals surface area contributed by atoms with Crippen LogP contribution in [-0.4, -0.2) is 67.4 Å². The zero-order valence-corrected chi connectivity index (χ0v) is 17.2. The highest BCUT2D eigenvalue weighted by Crippen LogP contribution is 2.35. The minimum atomic E-state index is -1.14. The first-order chi connectivity index (χ1) is 14.0. The number of benzene rings is 2. The van der Waals surface area contributed by atoms with Crippen LogP contribution < -0.4 is 9.47 Å². The summed E-state index contributed by atoms with van der Waals surface area (Å²) in [6, 6.07) is 14.2. The van der Waals surface area contributed by atoms with Gasteiger partial charge in [-0.05, 0) is 48.5 Å². The first kappa shape index (κ1) is 23.4. The molecule has 0 fully saturated rings. The maximum absolute atomic E-state index is 9.50. The topological polar surface area (TPSA) is 97.6 Å². The third-order valence-electron chi connectivity index (χ3n) is 4.32. The molecule has 0 aliphatic carbocycles. The molecule has 0 aliphatic heterocycles. The molecule has 2 atom stereocenters. The van der Waals surface area contributed by atoms with Gasteiger partial charge < -0.3 is 34.3 Å². The lowest BCUT2D eigenvalue weighted by Crippen LogP contribution is -2.32. The Balaban J connectivity index is 2.18. The zero-order valence-electron chi connectivity index (χ0n) is 16.5. The van der Waals surface area contributed by atoms with Gasteiger partial charge in [0.05, 0.1) is 12.5 Å². The molecule has 8 heteroatoms. The highest BCUT2D eigenvalue weighted by molar-refractivity contribution is 6.18. The van der Waals surface area contributed by atoms with Gasteiger partial charge in [-0.1, -0.05) is 0 Å². The predicted octanol–water partition coefficient (Wildman–Crippen LogP) is 1.89. The molecule has 160 valence electrons. The molecule has 0 saturated heterocycles. The van der Waals surface area contributed by atoms with Crippen molar-refractivity contribution in [3.63, 3.8) is 0 Å². The van der Waals surface area contributed by atoms with E-state index >= 15 is 0 Å². The van der Waals surface area contributed by atoms with Crippen LogP contribution in [0.5, 0.6) is 11.5 Å². The van der Waals surface area contributed by atoms with Crippen molar-refractivity contribution >= 4 is 11.6 Å². The molecule has 0 radical (unpaired) electrons. The summed E-state index contributed by atoms with van der Waals surface area (Å²) >= 11 is 5.57. The van der Waals surface area contributed by atoms with Crippen LogP contribution >= 0.6 is 11.6 Å². The Labute approximate surface area is 175 Å². The van der Waals surface area contributed by atoms with Crippen molar-refractivity contribution in [1.29, 1.82) is 0 Å². The van der Waals surface area contributed by atoms with Crippen LogP contribution in [0.1, 0.15) is 11.1 Å². The average molecular weight is 427 g/mol. The Kier molecular flexibility index (Phi) is 9.16. The smallest absolute Gasteiger partial charge is 0.221 e. The molecule has 0 saturated carbocycles. The lowest BCUT2D eigenvalue weighted by atomic mass is 9.96. The quantitative estimate of drug-likeness (QED) is 0.352. The molecule has 0 amide bonds. The van der Waals surface area contributed by atoms with E-state index in [-0.39, 0.29) is 25.7 Å². The zero-order chi connectivity index (χ0) is 21.3. The van der Waals surface area contributed by atoms with E-state index in [1.165, 1.54) is 0 Å². The summed E-state index contributed by atoms with van der Waals surface area (Å²) in [5.41, 5.74) is 1.49. The summed E-state index contributed by atoms with van der Waals surface area (Å²) in [6.45, 7) is -0.260. The molecule has 2 aromatic rings. The van der Waals surface area contributed by atoms with E-state index in [4.69, 9.17) is 35.7 Å². The maximum atomic E-state index is 9.50. The Hall–Kier alpha value is -1.87. The minimum Gasteiger partial charge on any atom is -0.491 e. The van der Waals surface area contributed by atoms with Gasteiger partial charge in [0.2, 0.25) is 5.79 Å². The standard InChI is InChI=1S/C21H27ClO7/c1-26-21(27-2,15-3-7-19(8-4-15)28-13-17(24)11-22)16-5-9-20(10-6-16)29-14-18(25)12-23/h3-10,17-18,23-25H,11-14H2,1-2H3/t17-,18-/m0/s1. The average Bonchev–Trinajstić information content (AvgIpc) is 2.78. The Bertz CT molecular complexity index is 657. The van der Waals surface area contributed by atoms with Crippen LogP contribution in [0, 0.1) is 0 Å². The Morgan fingerprint density at radius 1 is 0.793 bits per heavy atom. The highest BCUT2D eigenvalue weighted by atomic mass is 35.5. The Morgan fingerprint density at radius 2 is 1.21 bits per heavy atom. The molecule has 2 rings (SSSR count). The number of hydrogen-bond donors (Lipinski definition) is 3. The van der Waals surface area contributed by atoms with Gasteiger partial charge in [-0.3, -0.25) is 0 Å². The van der Waals surface area contributed by atoms with Crippen LogP contribution in [0.2, 0.25) is 0 Å². The fraction of sp³-hybridized carbons (Fsp3) is 0.429. The normalized spacial score (nSPS) is 13.7. The molecule has 3 N–H and O–H groups in total.